The van der Waals surface area contributed by atoms with Gasteiger partial charge in [0.25, 0.3) is 0 Å². The van der Waals surface area contributed by atoms with Gasteiger partial charge in [0.2, 0.25) is 0 Å². The molecule has 3 heterocycles. The van der Waals surface area contributed by atoms with Crippen molar-refractivity contribution in [3.63, 3.8) is 0 Å². The van der Waals surface area contributed by atoms with E-state index < -0.39 is 5.97 Å². The molecule has 0 amide bonds. The number of nitrogens with zero attached hydrogens (tertiary/aromatic N) is 1. The van der Waals surface area contributed by atoms with Crippen molar-refractivity contribution < 1.29 is 19.4 Å². The maximum Gasteiger partial charge on any atom is 0.335 e. The first-order chi connectivity index (χ1) is 9.67. The Morgan fingerprint density at radius 1 is 1.30 bits per heavy atom. The summed E-state index contributed by atoms with van der Waals surface area (Å²) in [5, 5.41) is 9.08. The molecule has 108 valence electrons. The van der Waals surface area contributed by atoms with Gasteiger partial charge in [-0.15, -0.1) is 0 Å². The van der Waals surface area contributed by atoms with Crippen LogP contribution in [-0.2, 0) is 0 Å². The van der Waals surface area contributed by atoms with Crippen molar-refractivity contribution in [2.75, 3.05) is 26.7 Å². The standard InChI is InChI=1S/C15H19NO4/c1-19-12-3-2-11(15(17)18)8-13(12)20-14-9-16-6-4-10(14)5-7-16/h2-3,8,10,14H,4-7,9H2,1H3,(H,17,18). The zero-order valence-electron chi connectivity index (χ0n) is 11.5. The van der Waals surface area contributed by atoms with Crippen LogP contribution in [0.1, 0.15) is 23.2 Å². The molecular weight excluding hydrogens is 258 g/mol. The van der Waals surface area contributed by atoms with Crippen LogP contribution in [0.2, 0.25) is 0 Å². The summed E-state index contributed by atoms with van der Waals surface area (Å²) in [6.07, 6.45) is 2.45. The fourth-order valence-electron chi connectivity index (χ4n) is 3.11. The van der Waals surface area contributed by atoms with Gasteiger partial charge in [-0.3, -0.25) is 4.90 Å². The van der Waals surface area contributed by atoms with Crippen LogP contribution in [0.15, 0.2) is 18.2 Å². The van der Waals surface area contributed by atoms with Crippen LogP contribution in [0, 0.1) is 5.92 Å². The summed E-state index contributed by atoms with van der Waals surface area (Å²) >= 11 is 0. The number of rotatable bonds is 4. The molecule has 1 aromatic rings. The van der Waals surface area contributed by atoms with Crippen molar-refractivity contribution in [1.82, 2.24) is 4.90 Å². The van der Waals surface area contributed by atoms with Gasteiger partial charge in [0.05, 0.1) is 12.7 Å². The fourth-order valence-corrected chi connectivity index (χ4v) is 3.11. The summed E-state index contributed by atoms with van der Waals surface area (Å²) in [4.78, 5) is 13.5. The lowest BCUT2D eigenvalue weighted by Gasteiger charge is -2.44. The molecule has 1 aromatic carbocycles. The lowest BCUT2D eigenvalue weighted by atomic mass is 9.86. The van der Waals surface area contributed by atoms with Crippen molar-refractivity contribution in [3.8, 4) is 11.5 Å². The Morgan fingerprint density at radius 2 is 2.05 bits per heavy atom. The number of hydrogen-bond donors (Lipinski definition) is 1. The minimum absolute atomic E-state index is 0.135. The van der Waals surface area contributed by atoms with Crippen molar-refractivity contribution in [2.24, 2.45) is 5.92 Å². The van der Waals surface area contributed by atoms with E-state index in [2.05, 4.69) is 4.90 Å². The molecule has 20 heavy (non-hydrogen) atoms. The molecule has 2 bridgehead atoms. The lowest BCUT2D eigenvalue weighted by Crippen LogP contribution is -2.52. The largest absolute Gasteiger partial charge is 0.493 e. The maximum atomic E-state index is 11.1. The molecule has 1 atom stereocenters. The average Bonchev–Trinajstić information content (AvgIpc) is 2.48. The van der Waals surface area contributed by atoms with Crippen LogP contribution in [0.4, 0.5) is 0 Å². The van der Waals surface area contributed by atoms with Gasteiger partial charge < -0.3 is 14.6 Å². The predicted molar refractivity (Wildman–Crippen MR) is 73.5 cm³/mol. The number of benzene rings is 1. The van der Waals surface area contributed by atoms with Gasteiger partial charge in [0.1, 0.15) is 6.10 Å². The second-order valence-corrected chi connectivity index (χ2v) is 5.47. The van der Waals surface area contributed by atoms with Crippen LogP contribution in [0.25, 0.3) is 0 Å². The molecule has 0 aromatic heterocycles. The van der Waals surface area contributed by atoms with Crippen LogP contribution >= 0.6 is 0 Å². The molecule has 3 aliphatic heterocycles. The zero-order chi connectivity index (χ0) is 14.1. The van der Waals surface area contributed by atoms with Crippen molar-refractivity contribution >= 4 is 5.97 Å². The van der Waals surface area contributed by atoms with Gasteiger partial charge in [-0.1, -0.05) is 0 Å². The normalized spacial score (nSPS) is 28.1. The number of methoxy groups -OCH3 is 1. The van der Waals surface area contributed by atoms with E-state index in [4.69, 9.17) is 14.6 Å². The third-order valence-corrected chi connectivity index (χ3v) is 4.29. The average molecular weight is 277 g/mol. The van der Waals surface area contributed by atoms with Crippen LogP contribution in [-0.4, -0.2) is 48.8 Å². The van der Waals surface area contributed by atoms with Crippen molar-refractivity contribution in [1.29, 1.82) is 0 Å². The number of fused-ring (bicyclic) bond motifs is 3. The third-order valence-electron chi connectivity index (χ3n) is 4.29. The fraction of sp³-hybridized carbons (Fsp3) is 0.533. The molecule has 0 saturated carbocycles. The Kier molecular flexibility index (Phi) is 3.53. The summed E-state index contributed by atoms with van der Waals surface area (Å²) in [6.45, 7) is 3.22. The molecule has 1 unspecified atom stereocenters. The number of carboxylic acids is 1. The molecule has 0 radical (unpaired) electrons. The summed E-state index contributed by atoms with van der Waals surface area (Å²) in [6, 6.07) is 4.74. The van der Waals surface area contributed by atoms with Gasteiger partial charge in [0, 0.05) is 6.54 Å². The number of carbonyl (C=O) groups is 1. The number of ether oxygens (including phenoxy) is 2. The molecule has 0 spiro atoms. The number of hydrogen-bond acceptors (Lipinski definition) is 4. The second-order valence-electron chi connectivity index (χ2n) is 5.47. The van der Waals surface area contributed by atoms with Gasteiger partial charge >= 0.3 is 5.97 Å². The molecule has 5 heteroatoms. The highest BCUT2D eigenvalue weighted by Gasteiger charge is 2.36. The highest BCUT2D eigenvalue weighted by molar-refractivity contribution is 5.88. The Bertz CT molecular complexity index is 509. The van der Waals surface area contributed by atoms with Gasteiger partial charge in [-0.2, -0.15) is 0 Å². The number of carboxylic acid groups (broad SMARTS) is 1. The lowest BCUT2D eigenvalue weighted by molar-refractivity contribution is -0.00889. The molecule has 1 N–H and O–H groups in total. The van der Waals surface area contributed by atoms with Crippen LogP contribution < -0.4 is 9.47 Å². The highest BCUT2D eigenvalue weighted by atomic mass is 16.5. The first-order valence-corrected chi connectivity index (χ1v) is 6.97. The van der Waals surface area contributed by atoms with E-state index in [1.54, 1.807) is 19.2 Å². The zero-order valence-corrected chi connectivity index (χ0v) is 11.5. The number of piperidine rings is 3. The summed E-state index contributed by atoms with van der Waals surface area (Å²) < 4.78 is 11.3. The minimum Gasteiger partial charge on any atom is -0.493 e. The van der Waals surface area contributed by atoms with Gasteiger partial charge in [-0.05, 0) is 50.0 Å². The molecular formula is C15H19NO4. The Hall–Kier alpha value is -1.75. The van der Waals surface area contributed by atoms with Crippen molar-refractivity contribution in [3.05, 3.63) is 23.8 Å². The van der Waals surface area contributed by atoms with Gasteiger partial charge in [-0.25, -0.2) is 4.79 Å². The summed E-state index contributed by atoms with van der Waals surface area (Å²) in [5.74, 6) is 0.738. The quantitative estimate of drug-likeness (QED) is 0.910. The molecule has 5 nitrogen and oxygen atoms in total. The monoisotopic (exact) mass is 277 g/mol. The summed E-state index contributed by atoms with van der Waals surface area (Å²) in [7, 11) is 1.57. The van der Waals surface area contributed by atoms with E-state index in [1.807, 2.05) is 0 Å². The second kappa shape index (κ2) is 5.32. The van der Waals surface area contributed by atoms with Gasteiger partial charge in [0.15, 0.2) is 11.5 Å². The van der Waals surface area contributed by atoms with E-state index in [0.29, 0.717) is 17.4 Å². The van der Waals surface area contributed by atoms with E-state index in [9.17, 15) is 4.79 Å². The maximum absolute atomic E-state index is 11.1. The minimum atomic E-state index is -0.952. The van der Waals surface area contributed by atoms with Crippen molar-refractivity contribution in [2.45, 2.75) is 18.9 Å². The predicted octanol–water partition coefficient (Wildman–Crippen LogP) is 1.87. The summed E-state index contributed by atoms with van der Waals surface area (Å²) in [5.41, 5.74) is 0.224. The SMILES string of the molecule is COc1ccc(C(=O)O)cc1OC1CN2CCC1CC2. The molecule has 3 aliphatic rings. The topological polar surface area (TPSA) is 59.0 Å². The molecule has 3 fully saturated rings. The van der Waals surface area contributed by atoms with E-state index in [0.717, 1.165) is 32.5 Å². The molecule has 3 saturated heterocycles. The molecule has 4 rings (SSSR count). The van der Waals surface area contributed by atoms with E-state index in [-0.39, 0.29) is 11.7 Å². The first-order valence-electron chi connectivity index (χ1n) is 6.97. The first kappa shape index (κ1) is 13.2. The van der Waals surface area contributed by atoms with E-state index >= 15 is 0 Å². The Morgan fingerprint density at radius 3 is 2.60 bits per heavy atom. The van der Waals surface area contributed by atoms with Crippen LogP contribution in [0.3, 0.4) is 0 Å². The molecule has 0 aliphatic carbocycles. The number of aromatic carboxylic acids is 1. The Labute approximate surface area is 118 Å². The highest BCUT2D eigenvalue weighted by Crippen LogP contribution is 2.35. The smallest absolute Gasteiger partial charge is 0.335 e. The van der Waals surface area contributed by atoms with E-state index in [1.165, 1.54) is 6.07 Å². The Balaban J connectivity index is 1.82. The van der Waals surface area contributed by atoms with Crippen LogP contribution in [0.5, 0.6) is 11.5 Å². The third kappa shape index (κ3) is 2.45.